The summed E-state index contributed by atoms with van der Waals surface area (Å²) in [5.74, 6) is 0.312. The summed E-state index contributed by atoms with van der Waals surface area (Å²) in [6.45, 7) is 1.90. The summed E-state index contributed by atoms with van der Waals surface area (Å²) in [4.78, 5) is 13.1. The molecule has 0 bridgehead atoms. The van der Waals surface area contributed by atoms with E-state index in [9.17, 15) is 13.2 Å². The number of rotatable bonds is 7. The van der Waals surface area contributed by atoms with Gasteiger partial charge < -0.3 is 4.74 Å². The van der Waals surface area contributed by atoms with Gasteiger partial charge in [-0.1, -0.05) is 60.2 Å². The van der Waals surface area contributed by atoms with Gasteiger partial charge in [0.1, 0.15) is 5.75 Å². The number of carbonyl (C=O) groups excluding carboxylic acids is 1. The van der Waals surface area contributed by atoms with Gasteiger partial charge in [0.05, 0.1) is 17.3 Å². The van der Waals surface area contributed by atoms with Gasteiger partial charge in [0, 0.05) is 12.0 Å². The molecule has 0 saturated heterocycles. The molecule has 4 nitrogen and oxygen atoms in total. The Hall–Kier alpha value is -2.92. The van der Waals surface area contributed by atoms with Crippen LogP contribution in [0.5, 0.6) is 5.75 Å². The van der Waals surface area contributed by atoms with Crippen molar-refractivity contribution in [2.75, 3.05) is 7.11 Å². The molecule has 0 unspecified atom stereocenters. The van der Waals surface area contributed by atoms with Gasteiger partial charge in [0.2, 0.25) is 0 Å². The summed E-state index contributed by atoms with van der Waals surface area (Å²) in [6, 6.07) is 22.4. The van der Waals surface area contributed by atoms with Crippen molar-refractivity contribution in [3.63, 3.8) is 0 Å². The fourth-order valence-electron chi connectivity index (χ4n) is 3.05. The van der Waals surface area contributed by atoms with Crippen LogP contribution in [0.2, 0.25) is 0 Å². The average Bonchev–Trinajstić information content (AvgIpc) is 2.72. The third-order valence-electron chi connectivity index (χ3n) is 4.66. The van der Waals surface area contributed by atoms with E-state index in [-0.39, 0.29) is 17.1 Å². The van der Waals surface area contributed by atoms with Crippen molar-refractivity contribution in [1.82, 2.24) is 0 Å². The van der Waals surface area contributed by atoms with Crippen molar-refractivity contribution >= 4 is 15.6 Å². The lowest BCUT2D eigenvalue weighted by molar-refractivity contribution is 0.0980. The maximum absolute atomic E-state index is 13.4. The number of hydrogen-bond donors (Lipinski definition) is 0. The van der Waals surface area contributed by atoms with E-state index in [1.54, 1.807) is 72.8 Å². The first-order chi connectivity index (χ1) is 13.4. The number of carbonyl (C=O) groups is 1. The van der Waals surface area contributed by atoms with Crippen molar-refractivity contribution in [3.05, 3.63) is 95.6 Å². The first kappa shape index (κ1) is 19.8. The molecule has 144 valence electrons. The normalized spacial score (nSPS) is 12.4. The van der Waals surface area contributed by atoms with E-state index in [1.165, 1.54) is 7.11 Å². The minimum Gasteiger partial charge on any atom is -0.497 e. The van der Waals surface area contributed by atoms with E-state index >= 15 is 0 Å². The fraction of sp³-hybridized carbons (Fsp3) is 0.174. The molecule has 0 aliphatic carbocycles. The zero-order chi connectivity index (χ0) is 20.1. The van der Waals surface area contributed by atoms with Gasteiger partial charge in [0.15, 0.2) is 15.6 Å². The molecule has 5 heteroatoms. The second kappa shape index (κ2) is 8.40. The Balaban J connectivity index is 2.00. The number of methoxy groups -OCH3 is 1. The van der Waals surface area contributed by atoms with E-state index < -0.39 is 15.1 Å². The van der Waals surface area contributed by atoms with Gasteiger partial charge in [-0.2, -0.15) is 0 Å². The third kappa shape index (κ3) is 4.31. The predicted octanol–water partition coefficient (Wildman–Crippen LogP) is 4.79. The summed E-state index contributed by atoms with van der Waals surface area (Å²) in [6.07, 6.45) is -0.145. The molecule has 0 fully saturated rings. The molecular weight excluding hydrogens is 372 g/mol. The number of benzene rings is 3. The Morgan fingerprint density at radius 3 is 2.25 bits per heavy atom. The van der Waals surface area contributed by atoms with E-state index in [1.807, 2.05) is 13.0 Å². The van der Waals surface area contributed by atoms with Crippen molar-refractivity contribution in [3.8, 4) is 5.75 Å². The SMILES string of the molecule is COc1cccc(C(=O)C[C@H](c2ccccc2)S(=O)(=O)c2ccc(C)cc2)c1. The maximum atomic E-state index is 13.4. The quantitative estimate of drug-likeness (QED) is 0.541. The molecule has 0 N–H and O–H groups in total. The van der Waals surface area contributed by atoms with Gasteiger partial charge in [-0.05, 0) is 36.8 Å². The molecule has 1 atom stereocenters. The van der Waals surface area contributed by atoms with Crippen LogP contribution in [0.4, 0.5) is 0 Å². The van der Waals surface area contributed by atoms with Crippen LogP contribution in [0.15, 0.2) is 83.8 Å². The third-order valence-corrected chi connectivity index (χ3v) is 6.78. The van der Waals surface area contributed by atoms with Gasteiger partial charge in [0.25, 0.3) is 0 Å². The summed E-state index contributed by atoms with van der Waals surface area (Å²) in [5.41, 5.74) is 2.00. The minimum absolute atomic E-state index is 0.145. The van der Waals surface area contributed by atoms with Crippen LogP contribution in [-0.2, 0) is 9.84 Å². The zero-order valence-corrected chi connectivity index (χ0v) is 16.6. The molecule has 3 aromatic carbocycles. The van der Waals surface area contributed by atoms with E-state index in [0.717, 1.165) is 5.56 Å². The van der Waals surface area contributed by atoms with Gasteiger partial charge in [-0.3, -0.25) is 4.79 Å². The Morgan fingerprint density at radius 1 is 0.929 bits per heavy atom. The van der Waals surface area contributed by atoms with E-state index in [4.69, 9.17) is 4.74 Å². The van der Waals surface area contributed by atoms with Crippen LogP contribution in [0.25, 0.3) is 0 Å². The molecule has 0 aromatic heterocycles. The van der Waals surface area contributed by atoms with Gasteiger partial charge >= 0.3 is 0 Å². The molecule has 0 amide bonds. The highest BCUT2D eigenvalue weighted by atomic mass is 32.2. The number of hydrogen-bond acceptors (Lipinski definition) is 4. The fourth-order valence-corrected chi connectivity index (χ4v) is 4.78. The topological polar surface area (TPSA) is 60.4 Å². The lowest BCUT2D eigenvalue weighted by atomic mass is 10.0. The predicted molar refractivity (Wildman–Crippen MR) is 109 cm³/mol. The Morgan fingerprint density at radius 2 is 1.61 bits per heavy atom. The number of ether oxygens (including phenoxy) is 1. The summed E-state index contributed by atoms with van der Waals surface area (Å²) >= 11 is 0. The first-order valence-corrected chi connectivity index (χ1v) is 10.5. The Bertz CT molecular complexity index is 1060. The molecule has 3 rings (SSSR count). The maximum Gasteiger partial charge on any atom is 0.185 e. The van der Waals surface area contributed by atoms with Crippen LogP contribution in [-0.4, -0.2) is 21.3 Å². The van der Waals surface area contributed by atoms with Crippen LogP contribution in [0, 0.1) is 6.92 Å². The van der Waals surface area contributed by atoms with Gasteiger partial charge in [-0.25, -0.2) is 8.42 Å². The van der Waals surface area contributed by atoms with Crippen molar-refractivity contribution in [2.24, 2.45) is 0 Å². The molecule has 0 aliphatic rings. The van der Waals surface area contributed by atoms with Crippen molar-refractivity contribution in [1.29, 1.82) is 0 Å². The molecule has 0 spiro atoms. The van der Waals surface area contributed by atoms with Crippen LogP contribution in [0.3, 0.4) is 0 Å². The molecule has 0 saturated carbocycles. The Kier molecular flexibility index (Phi) is 5.95. The largest absolute Gasteiger partial charge is 0.497 e. The highest BCUT2D eigenvalue weighted by Gasteiger charge is 2.31. The summed E-state index contributed by atoms with van der Waals surface area (Å²) < 4.78 is 31.9. The van der Waals surface area contributed by atoms with E-state index in [2.05, 4.69) is 0 Å². The second-order valence-electron chi connectivity index (χ2n) is 6.62. The lowest BCUT2D eigenvalue weighted by Gasteiger charge is -2.18. The summed E-state index contributed by atoms with van der Waals surface area (Å²) in [5, 5.41) is -0.963. The zero-order valence-electron chi connectivity index (χ0n) is 15.8. The number of sulfone groups is 1. The molecule has 0 heterocycles. The number of ketones is 1. The standard InChI is InChI=1S/C23H22O4S/c1-17-11-13-21(14-12-17)28(25,26)23(18-7-4-3-5-8-18)16-22(24)19-9-6-10-20(15-19)27-2/h3-15,23H,16H2,1-2H3/t23-/m1/s1. The van der Waals surface area contributed by atoms with Crippen LogP contribution in [0.1, 0.15) is 33.2 Å². The summed E-state index contributed by atoms with van der Waals surface area (Å²) in [7, 11) is -2.22. The van der Waals surface area contributed by atoms with Crippen molar-refractivity contribution < 1.29 is 17.9 Å². The second-order valence-corrected chi connectivity index (χ2v) is 8.75. The van der Waals surface area contributed by atoms with Crippen LogP contribution >= 0.6 is 0 Å². The smallest absolute Gasteiger partial charge is 0.185 e. The average molecular weight is 394 g/mol. The minimum atomic E-state index is -3.74. The highest BCUT2D eigenvalue weighted by Crippen LogP contribution is 2.33. The molecular formula is C23H22O4S. The van der Waals surface area contributed by atoms with Crippen LogP contribution < -0.4 is 4.74 Å². The lowest BCUT2D eigenvalue weighted by Crippen LogP contribution is -2.18. The molecule has 28 heavy (non-hydrogen) atoms. The van der Waals surface area contributed by atoms with Gasteiger partial charge in [-0.15, -0.1) is 0 Å². The molecule has 3 aromatic rings. The molecule has 0 aliphatic heterocycles. The Labute approximate surface area is 165 Å². The monoisotopic (exact) mass is 394 g/mol. The highest BCUT2D eigenvalue weighted by molar-refractivity contribution is 7.91. The first-order valence-electron chi connectivity index (χ1n) is 8.94. The number of aryl methyl sites for hydroxylation is 1. The van der Waals surface area contributed by atoms with Crippen molar-refractivity contribution in [2.45, 2.75) is 23.5 Å². The molecule has 0 radical (unpaired) electrons. The van der Waals surface area contributed by atoms with E-state index in [0.29, 0.717) is 16.9 Å². The number of Topliss-reactive ketones (excluding diaryl/α,β-unsaturated/α-hetero) is 1.